The molecule has 0 aliphatic rings. The molecule has 4 aromatic rings. The number of hydrogen-bond donors (Lipinski definition) is 2. The van der Waals surface area contributed by atoms with E-state index in [0.29, 0.717) is 11.0 Å². The maximum atomic E-state index is 4.46. The van der Waals surface area contributed by atoms with Crippen LogP contribution in [0.3, 0.4) is 0 Å². The average molecular weight is 295 g/mol. The first kappa shape index (κ1) is 12.0. The normalized spacial score (nSPS) is 11.0. The molecule has 0 aromatic carbocycles. The van der Waals surface area contributed by atoms with Gasteiger partial charge in [0.1, 0.15) is 17.0 Å². The Balaban J connectivity index is 1.66. The van der Waals surface area contributed by atoms with Crippen molar-refractivity contribution in [1.29, 1.82) is 0 Å². The van der Waals surface area contributed by atoms with Gasteiger partial charge in [0.05, 0.1) is 5.39 Å². The lowest BCUT2D eigenvalue weighted by Gasteiger charge is -1.97. The summed E-state index contributed by atoms with van der Waals surface area (Å²) in [5.41, 5.74) is 1.75. The van der Waals surface area contributed by atoms with E-state index in [9.17, 15) is 0 Å². The van der Waals surface area contributed by atoms with Crippen LogP contribution >= 0.6 is 11.8 Å². The summed E-state index contributed by atoms with van der Waals surface area (Å²) in [6.07, 6.45) is 6.80. The lowest BCUT2D eigenvalue weighted by Crippen LogP contribution is -1.85. The SMILES string of the molecule is c1cc(-c2nc(Sc3ncnc4[nH]ccc34)n[nH]2)ccn1. The summed E-state index contributed by atoms with van der Waals surface area (Å²) in [6.45, 7) is 0. The molecule has 2 N–H and O–H groups in total. The zero-order chi connectivity index (χ0) is 14.1. The van der Waals surface area contributed by atoms with Crippen molar-refractivity contribution in [3.05, 3.63) is 43.1 Å². The zero-order valence-corrected chi connectivity index (χ0v) is 11.5. The Labute approximate surface area is 123 Å². The highest BCUT2D eigenvalue weighted by atomic mass is 32.2. The van der Waals surface area contributed by atoms with Gasteiger partial charge in [0.25, 0.3) is 0 Å². The van der Waals surface area contributed by atoms with Crippen LogP contribution in [0.15, 0.2) is 53.3 Å². The monoisotopic (exact) mass is 295 g/mol. The van der Waals surface area contributed by atoms with E-state index in [0.717, 1.165) is 21.6 Å². The molecule has 0 saturated carbocycles. The zero-order valence-electron chi connectivity index (χ0n) is 10.7. The number of H-pyrrole nitrogens is 2. The molecule has 8 heteroatoms. The number of rotatable bonds is 3. The molecule has 0 spiro atoms. The Morgan fingerprint density at radius 2 is 1.95 bits per heavy atom. The van der Waals surface area contributed by atoms with Crippen molar-refractivity contribution in [2.75, 3.05) is 0 Å². The quantitative estimate of drug-likeness (QED) is 0.563. The number of pyridine rings is 1. The van der Waals surface area contributed by atoms with E-state index in [1.54, 1.807) is 12.4 Å². The molecule has 4 heterocycles. The van der Waals surface area contributed by atoms with Crippen LogP contribution < -0.4 is 0 Å². The summed E-state index contributed by atoms with van der Waals surface area (Å²) in [5.74, 6) is 0.708. The third kappa shape index (κ3) is 2.25. The van der Waals surface area contributed by atoms with Crippen molar-refractivity contribution in [1.82, 2.24) is 35.1 Å². The number of hydrogen-bond acceptors (Lipinski definition) is 6. The molecule has 0 fully saturated rings. The van der Waals surface area contributed by atoms with Crippen molar-refractivity contribution < 1.29 is 0 Å². The smallest absolute Gasteiger partial charge is 0.215 e. The van der Waals surface area contributed by atoms with Gasteiger partial charge >= 0.3 is 0 Å². The van der Waals surface area contributed by atoms with Crippen LogP contribution in [-0.4, -0.2) is 35.1 Å². The maximum Gasteiger partial charge on any atom is 0.215 e. The molecule has 0 radical (unpaired) electrons. The van der Waals surface area contributed by atoms with E-state index in [4.69, 9.17) is 0 Å². The average Bonchev–Trinajstić information content (AvgIpc) is 3.17. The molecule has 0 saturated heterocycles. The van der Waals surface area contributed by atoms with Crippen LogP contribution in [0.25, 0.3) is 22.4 Å². The maximum absolute atomic E-state index is 4.46. The second-order valence-corrected chi connectivity index (χ2v) is 5.18. The summed E-state index contributed by atoms with van der Waals surface area (Å²) in [7, 11) is 0. The third-order valence-electron chi connectivity index (χ3n) is 2.92. The second kappa shape index (κ2) is 4.98. The fraction of sp³-hybridized carbons (Fsp3) is 0. The van der Waals surface area contributed by atoms with Gasteiger partial charge in [-0.05, 0) is 30.0 Å². The number of fused-ring (bicyclic) bond motifs is 1. The summed E-state index contributed by atoms with van der Waals surface area (Å²) < 4.78 is 0. The fourth-order valence-electron chi connectivity index (χ4n) is 1.95. The Hall–Kier alpha value is -2.74. The Kier molecular flexibility index (Phi) is 2.86. The molecule has 21 heavy (non-hydrogen) atoms. The molecule has 0 amide bonds. The van der Waals surface area contributed by atoms with Crippen molar-refractivity contribution in [3.8, 4) is 11.4 Å². The molecule has 0 bridgehead atoms. The van der Waals surface area contributed by atoms with Crippen molar-refractivity contribution in [2.45, 2.75) is 10.2 Å². The molecule has 4 rings (SSSR count). The topological polar surface area (TPSA) is 96.0 Å². The van der Waals surface area contributed by atoms with Crippen LogP contribution in [0.1, 0.15) is 0 Å². The van der Waals surface area contributed by atoms with Gasteiger partial charge in [0, 0.05) is 24.2 Å². The Morgan fingerprint density at radius 3 is 2.86 bits per heavy atom. The largest absolute Gasteiger partial charge is 0.346 e. The highest BCUT2D eigenvalue weighted by Crippen LogP contribution is 2.29. The Morgan fingerprint density at radius 1 is 1.05 bits per heavy atom. The summed E-state index contributed by atoms with van der Waals surface area (Å²) in [6, 6.07) is 5.70. The molecule has 0 aliphatic carbocycles. The third-order valence-corrected chi connectivity index (χ3v) is 3.81. The van der Waals surface area contributed by atoms with Gasteiger partial charge in [-0.1, -0.05) is 0 Å². The molecular formula is C13H9N7S. The van der Waals surface area contributed by atoms with Gasteiger partial charge in [-0.15, -0.1) is 5.10 Å². The summed E-state index contributed by atoms with van der Waals surface area (Å²) in [5, 5.41) is 9.53. The van der Waals surface area contributed by atoms with Crippen molar-refractivity contribution in [3.63, 3.8) is 0 Å². The minimum atomic E-state index is 0.614. The van der Waals surface area contributed by atoms with Crippen LogP contribution in [0.4, 0.5) is 0 Å². The number of aromatic nitrogens is 7. The molecular weight excluding hydrogens is 286 g/mol. The molecule has 102 valence electrons. The van der Waals surface area contributed by atoms with Crippen molar-refractivity contribution >= 4 is 22.8 Å². The Bertz CT molecular complexity index is 884. The first-order valence-electron chi connectivity index (χ1n) is 6.19. The van der Waals surface area contributed by atoms with Gasteiger partial charge < -0.3 is 4.98 Å². The van der Waals surface area contributed by atoms with E-state index in [2.05, 4.69) is 35.1 Å². The van der Waals surface area contributed by atoms with Gasteiger partial charge in [0.15, 0.2) is 5.82 Å². The van der Waals surface area contributed by atoms with E-state index in [-0.39, 0.29) is 0 Å². The van der Waals surface area contributed by atoms with Gasteiger partial charge in [-0.25, -0.2) is 15.0 Å². The van der Waals surface area contributed by atoms with Gasteiger partial charge in [-0.3, -0.25) is 10.1 Å². The van der Waals surface area contributed by atoms with Crippen LogP contribution in [0, 0.1) is 0 Å². The van der Waals surface area contributed by atoms with E-state index < -0.39 is 0 Å². The molecule has 0 unspecified atom stereocenters. The van der Waals surface area contributed by atoms with Crippen LogP contribution in [-0.2, 0) is 0 Å². The minimum Gasteiger partial charge on any atom is -0.346 e. The van der Waals surface area contributed by atoms with Gasteiger partial charge in [0.2, 0.25) is 5.16 Å². The van der Waals surface area contributed by atoms with E-state index in [1.807, 2.05) is 24.4 Å². The van der Waals surface area contributed by atoms with Gasteiger partial charge in [-0.2, -0.15) is 0 Å². The minimum absolute atomic E-state index is 0.614. The highest BCUT2D eigenvalue weighted by Gasteiger charge is 2.11. The number of nitrogens with one attached hydrogen (secondary N) is 2. The van der Waals surface area contributed by atoms with Crippen LogP contribution in [0.5, 0.6) is 0 Å². The highest BCUT2D eigenvalue weighted by molar-refractivity contribution is 7.99. The lowest BCUT2D eigenvalue weighted by atomic mass is 10.3. The van der Waals surface area contributed by atoms with E-state index >= 15 is 0 Å². The van der Waals surface area contributed by atoms with Crippen molar-refractivity contribution in [2.24, 2.45) is 0 Å². The first-order valence-corrected chi connectivity index (χ1v) is 7.00. The number of nitrogens with zero attached hydrogens (tertiary/aromatic N) is 5. The molecule has 4 aromatic heterocycles. The fourth-order valence-corrected chi connectivity index (χ4v) is 2.72. The molecule has 0 atom stereocenters. The molecule has 7 nitrogen and oxygen atoms in total. The standard InChI is InChI=1S/C13H9N7S/c1-4-14-5-2-8(1)10-18-13(20-19-10)21-12-9-3-6-15-11(9)16-7-17-12/h1-7H,(H,15,16,17)(H,18,19,20). The number of aromatic amines is 2. The summed E-state index contributed by atoms with van der Waals surface area (Å²) >= 11 is 1.40. The predicted octanol–water partition coefficient (Wildman–Crippen LogP) is 2.29. The van der Waals surface area contributed by atoms with Crippen LogP contribution in [0.2, 0.25) is 0 Å². The lowest BCUT2D eigenvalue weighted by molar-refractivity contribution is 0.968. The molecule has 0 aliphatic heterocycles. The second-order valence-electron chi connectivity index (χ2n) is 4.22. The predicted molar refractivity (Wildman–Crippen MR) is 77.6 cm³/mol. The summed E-state index contributed by atoms with van der Waals surface area (Å²) in [4.78, 5) is 20.0. The first-order chi connectivity index (χ1) is 10.4. The van der Waals surface area contributed by atoms with E-state index in [1.165, 1.54) is 18.1 Å².